The Hall–Kier alpha value is -4.33. The summed E-state index contributed by atoms with van der Waals surface area (Å²) >= 11 is 0. The van der Waals surface area contributed by atoms with Crippen LogP contribution in [0.3, 0.4) is 0 Å². The van der Waals surface area contributed by atoms with Crippen molar-refractivity contribution in [1.29, 1.82) is 0 Å². The Labute approximate surface area is 164 Å². The maximum atomic E-state index is 13.0. The third kappa shape index (κ3) is 2.92. The van der Waals surface area contributed by atoms with Gasteiger partial charge in [-0.3, -0.25) is 24.5 Å². The zero-order valence-electron chi connectivity index (χ0n) is 14.8. The predicted octanol–water partition coefficient (Wildman–Crippen LogP) is 3.20. The second-order valence-corrected chi connectivity index (χ2v) is 6.42. The number of nitro groups is 1. The summed E-state index contributed by atoms with van der Waals surface area (Å²) in [5.74, 6) is -1.49. The number of nitro benzene ring substituents is 1. The Bertz CT molecular complexity index is 1230. The standard InChI is InChI=1S/C21H13N3O5/c22-15-8-9-16(23-21(27)11-4-3-5-12(10-11)24(28)29)18-17(15)19(25)13-6-1-2-7-14(13)20(18)26/h1-10H,22H2,(H,23,27). The second-order valence-electron chi connectivity index (χ2n) is 6.42. The van der Waals surface area contributed by atoms with Crippen LogP contribution in [0.15, 0.2) is 60.7 Å². The predicted molar refractivity (Wildman–Crippen MR) is 105 cm³/mol. The number of anilines is 2. The van der Waals surface area contributed by atoms with E-state index in [2.05, 4.69) is 5.32 Å². The molecule has 1 aliphatic carbocycles. The largest absolute Gasteiger partial charge is 0.398 e. The Balaban J connectivity index is 1.78. The van der Waals surface area contributed by atoms with Crippen molar-refractivity contribution in [3.8, 4) is 0 Å². The summed E-state index contributed by atoms with van der Waals surface area (Å²) in [7, 11) is 0. The lowest BCUT2D eigenvalue weighted by Crippen LogP contribution is -2.25. The number of benzene rings is 3. The van der Waals surface area contributed by atoms with E-state index >= 15 is 0 Å². The number of nitrogens with zero attached hydrogens (tertiary/aromatic N) is 1. The Morgan fingerprint density at radius 1 is 0.897 bits per heavy atom. The molecule has 0 aromatic heterocycles. The van der Waals surface area contributed by atoms with Crippen molar-refractivity contribution in [2.75, 3.05) is 11.1 Å². The second kappa shape index (κ2) is 6.68. The fraction of sp³-hybridized carbons (Fsp3) is 0. The van der Waals surface area contributed by atoms with Gasteiger partial charge < -0.3 is 11.1 Å². The molecule has 3 N–H and O–H groups in total. The molecule has 0 saturated carbocycles. The number of amides is 1. The molecule has 1 amide bonds. The summed E-state index contributed by atoms with van der Waals surface area (Å²) in [6.07, 6.45) is 0. The van der Waals surface area contributed by atoms with E-state index in [0.717, 1.165) is 6.07 Å². The minimum absolute atomic E-state index is 0.00693. The fourth-order valence-electron chi connectivity index (χ4n) is 3.31. The highest BCUT2D eigenvalue weighted by molar-refractivity contribution is 6.32. The molecular weight excluding hydrogens is 374 g/mol. The van der Waals surface area contributed by atoms with Gasteiger partial charge in [-0.25, -0.2) is 0 Å². The summed E-state index contributed by atoms with van der Waals surface area (Å²) in [5, 5.41) is 13.5. The lowest BCUT2D eigenvalue weighted by Gasteiger charge is -2.21. The van der Waals surface area contributed by atoms with Gasteiger partial charge in [-0.05, 0) is 18.2 Å². The van der Waals surface area contributed by atoms with Crippen LogP contribution in [0.1, 0.15) is 42.2 Å². The topological polar surface area (TPSA) is 132 Å². The highest BCUT2D eigenvalue weighted by Gasteiger charge is 2.33. The van der Waals surface area contributed by atoms with Gasteiger partial charge in [-0.1, -0.05) is 30.3 Å². The van der Waals surface area contributed by atoms with Crippen LogP contribution >= 0.6 is 0 Å². The number of non-ortho nitro benzene ring substituents is 1. The first kappa shape index (κ1) is 18.1. The smallest absolute Gasteiger partial charge is 0.270 e. The Morgan fingerprint density at radius 2 is 1.55 bits per heavy atom. The van der Waals surface area contributed by atoms with Gasteiger partial charge in [0.2, 0.25) is 0 Å². The number of rotatable bonds is 3. The SMILES string of the molecule is Nc1ccc(NC(=O)c2cccc([N+](=O)[O-])c2)c2c1C(=O)c1ccccc1C2=O. The van der Waals surface area contributed by atoms with Gasteiger partial charge >= 0.3 is 0 Å². The van der Waals surface area contributed by atoms with E-state index < -0.39 is 22.4 Å². The van der Waals surface area contributed by atoms with Gasteiger partial charge in [-0.2, -0.15) is 0 Å². The Kier molecular flexibility index (Phi) is 4.16. The molecule has 0 unspecified atom stereocenters. The molecule has 3 aromatic rings. The number of hydrogen-bond acceptors (Lipinski definition) is 6. The van der Waals surface area contributed by atoms with Gasteiger partial charge in [0.25, 0.3) is 11.6 Å². The van der Waals surface area contributed by atoms with E-state index in [0.29, 0.717) is 0 Å². The van der Waals surface area contributed by atoms with Gasteiger partial charge in [0.05, 0.1) is 21.7 Å². The van der Waals surface area contributed by atoms with Gasteiger partial charge in [-0.15, -0.1) is 0 Å². The maximum Gasteiger partial charge on any atom is 0.270 e. The van der Waals surface area contributed by atoms with E-state index in [4.69, 9.17) is 5.73 Å². The van der Waals surface area contributed by atoms with Gasteiger partial charge in [0, 0.05) is 34.5 Å². The molecule has 8 nitrogen and oxygen atoms in total. The van der Waals surface area contributed by atoms with E-state index in [1.54, 1.807) is 18.2 Å². The van der Waals surface area contributed by atoms with Crippen molar-refractivity contribution in [2.45, 2.75) is 0 Å². The van der Waals surface area contributed by atoms with Crippen LogP contribution in [0.4, 0.5) is 17.1 Å². The third-order valence-electron chi connectivity index (χ3n) is 4.68. The van der Waals surface area contributed by atoms with Crippen LogP contribution in [0.25, 0.3) is 0 Å². The minimum atomic E-state index is -0.653. The Morgan fingerprint density at radius 3 is 2.21 bits per heavy atom. The molecule has 29 heavy (non-hydrogen) atoms. The number of nitrogens with two attached hydrogens (primary N) is 1. The van der Waals surface area contributed by atoms with Crippen molar-refractivity contribution >= 4 is 34.5 Å². The lowest BCUT2D eigenvalue weighted by molar-refractivity contribution is -0.384. The number of fused-ring (bicyclic) bond motifs is 2. The van der Waals surface area contributed by atoms with Crippen molar-refractivity contribution in [3.05, 3.63) is 98.6 Å². The van der Waals surface area contributed by atoms with E-state index in [-0.39, 0.29) is 44.9 Å². The number of ketones is 2. The summed E-state index contributed by atoms with van der Waals surface area (Å²) in [6.45, 7) is 0. The normalized spacial score (nSPS) is 12.1. The van der Waals surface area contributed by atoms with Crippen molar-refractivity contribution in [1.82, 2.24) is 0 Å². The van der Waals surface area contributed by atoms with Crippen LogP contribution in [-0.2, 0) is 0 Å². The maximum absolute atomic E-state index is 13.0. The third-order valence-corrected chi connectivity index (χ3v) is 4.68. The molecular formula is C21H13N3O5. The van der Waals surface area contributed by atoms with Crippen molar-refractivity contribution in [3.63, 3.8) is 0 Å². The summed E-state index contributed by atoms with van der Waals surface area (Å²) in [5.41, 5.74) is 6.51. The molecule has 4 rings (SSSR count). The summed E-state index contributed by atoms with van der Waals surface area (Å²) in [4.78, 5) is 48.9. The van der Waals surface area contributed by atoms with Crippen LogP contribution in [0.5, 0.6) is 0 Å². The average Bonchev–Trinajstić information content (AvgIpc) is 2.73. The first-order chi connectivity index (χ1) is 13.9. The monoisotopic (exact) mass is 387 g/mol. The molecule has 1 aliphatic rings. The van der Waals surface area contributed by atoms with Crippen molar-refractivity contribution < 1.29 is 19.3 Å². The fourth-order valence-corrected chi connectivity index (χ4v) is 3.31. The van der Waals surface area contributed by atoms with Crippen LogP contribution < -0.4 is 11.1 Å². The number of nitrogen functional groups attached to an aromatic ring is 1. The van der Waals surface area contributed by atoms with Crippen LogP contribution in [0, 0.1) is 10.1 Å². The molecule has 0 radical (unpaired) electrons. The molecule has 142 valence electrons. The number of hydrogen-bond donors (Lipinski definition) is 2. The minimum Gasteiger partial charge on any atom is -0.398 e. The van der Waals surface area contributed by atoms with E-state index in [1.165, 1.54) is 36.4 Å². The highest BCUT2D eigenvalue weighted by Crippen LogP contribution is 2.35. The molecule has 8 heteroatoms. The lowest BCUT2D eigenvalue weighted by atomic mass is 9.82. The molecule has 0 heterocycles. The van der Waals surface area contributed by atoms with E-state index in [1.807, 2.05) is 0 Å². The quantitative estimate of drug-likeness (QED) is 0.315. The number of carbonyl (C=O) groups is 3. The molecule has 0 bridgehead atoms. The zero-order valence-corrected chi connectivity index (χ0v) is 14.8. The van der Waals surface area contributed by atoms with Gasteiger partial charge in [0.1, 0.15) is 0 Å². The molecule has 0 fully saturated rings. The highest BCUT2D eigenvalue weighted by atomic mass is 16.6. The number of carbonyl (C=O) groups excluding carboxylic acids is 3. The molecule has 0 aliphatic heterocycles. The first-order valence-electron chi connectivity index (χ1n) is 8.55. The van der Waals surface area contributed by atoms with Crippen LogP contribution in [0.2, 0.25) is 0 Å². The number of nitrogens with one attached hydrogen (secondary N) is 1. The van der Waals surface area contributed by atoms with Crippen LogP contribution in [-0.4, -0.2) is 22.4 Å². The average molecular weight is 387 g/mol. The molecule has 0 atom stereocenters. The van der Waals surface area contributed by atoms with Gasteiger partial charge in [0.15, 0.2) is 11.6 Å². The molecule has 3 aromatic carbocycles. The molecule has 0 saturated heterocycles. The van der Waals surface area contributed by atoms with E-state index in [9.17, 15) is 24.5 Å². The molecule has 0 spiro atoms. The first-order valence-corrected chi connectivity index (χ1v) is 8.55. The zero-order chi connectivity index (χ0) is 20.7. The summed E-state index contributed by atoms with van der Waals surface area (Å²) < 4.78 is 0. The van der Waals surface area contributed by atoms with Crippen molar-refractivity contribution in [2.24, 2.45) is 0 Å². The summed E-state index contributed by atoms with van der Waals surface area (Å²) in [6, 6.07) is 14.4.